The van der Waals surface area contributed by atoms with E-state index in [-0.39, 0.29) is 10.8 Å². The summed E-state index contributed by atoms with van der Waals surface area (Å²) in [5, 5.41) is 2.30. The van der Waals surface area contributed by atoms with Gasteiger partial charge in [-0.2, -0.15) is 0 Å². The van der Waals surface area contributed by atoms with Crippen LogP contribution in [0.2, 0.25) is 0 Å². The summed E-state index contributed by atoms with van der Waals surface area (Å²) < 4.78 is 6.37. The molecule has 0 saturated heterocycles. The first kappa shape index (κ1) is 34.4. The third-order valence-corrected chi connectivity index (χ3v) is 14.0. The van der Waals surface area contributed by atoms with Gasteiger partial charge in [0.15, 0.2) is 0 Å². The minimum Gasteiger partial charge on any atom is -0.456 e. The summed E-state index contributed by atoms with van der Waals surface area (Å²) >= 11 is 0. The van der Waals surface area contributed by atoms with Gasteiger partial charge in [0.05, 0.1) is 0 Å². The standard InChI is InChI=1S/C57H45NO/c1-56(2)49-26-7-4-21-45(49)47-25-14-24-43(55(47)56)38-17-13-19-40(35-38)58(41-30-31-46-44-20-5-8-27-50(44)57(51(46)36-41)32-10-3-11-33-57)39-18-12-16-37(34-39)42-23-15-29-53-54(42)48-22-6-9-28-52(48)59-53/h4-9,12-31,34-36H,3,10-11,32-33H2,1-2H3. The molecule has 284 valence electrons. The number of benzene rings is 8. The molecule has 12 rings (SSSR count). The van der Waals surface area contributed by atoms with Crippen molar-refractivity contribution in [1.29, 1.82) is 0 Å². The molecule has 1 spiro atoms. The van der Waals surface area contributed by atoms with Crippen LogP contribution in [0.1, 0.15) is 68.2 Å². The Kier molecular flexibility index (Phi) is 7.54. The van der Waals surface area contributed by atoms with E-state index < -0.39 is 0 Å². The van der Waals surface area contributed by atoms with E-state index in [1.54, 1.807) is 0 Å². The van der Waals surface area contributed by atoms with E-state index in [1.807, 2.05) is 6.07 Å². The molecule has 0 N–H and O–H groups in total. The van der Waals surface area contributed by atoms with Crippen molar-refractivity contribution in [2.75, 3.05) is 4.90 Å². The van der Waals surface area contributed by atoms with Crippen LogP contribution >= 0.6 is 0 Å². The molecule has 0 amide bonds. The molecular weight excluding hydrogens is 715 g/mol. The van der Waals surface area contributed by atoms with Crippen molar-refractivity contribution in [2.24, 2.45) is 0 Å². The Balaban J connectivity index is 1.06. The van der Waals surface area contributed by atoms with Crippen LogP contribution in [0.5, 0.6) is 0 Å². The molecule has 0 unspecified atom stereocenters. The quantitative estimate of drug-likeness (QED) is 0.174. The number of para-hydroxylation sites is 1. The highest BCUT2D eigenvalue weighted by molar-refractivity contribution is 6.12. The van der Waals surface area contributed by atoms with Gasteiger partial charge in [-0.05, 0) is 128 Å². The van der Waals surface area contributed by atoms with Crippen molar-refractivity contribution in [3.63, 3.8) is 0 Å². The molecule has 1 aromatic heterocycles. The molecule has 0 radical (unpaired) electrons. The topological polar surface area (TPSA) is 16.4 Å². The summed E-state index contributed by atoms with van der Waals surface area (Å²) in [7, 11) is 0. The highest BCUT2D eigenvalue weighted by Gasteiger charge is 2.44. The van der Waals surface area contributed by atoms with Crippen LogP contribution in [-0.2, 0) is 10.8 Å². The molecule has 1 saturated carbocycles. The molecule has 9 aromatic rings. The van der Waals surface area contributed by atoms with Crippen molar-refractivity contribution in [3.05, 3.63) is 198 Å². The lowest BCUT2D eigenvalue weighted by atomic mass is 9.68. The zero-order chi connectivity index (χ0) is 39.3. The number of hydrogen-bond donors (Lipinski definition) is 0. The lowest BCUT2D eigenvalue weighted by Gasteiger charge is -2.36. The zero-order valence-corrected chi connectivity index (χ0v) is 33.6. The highest BCUT2D eigenvalue weighted by atomic mass is 16.3. The first-order valence-electron chi connectivity index (χ1n) is 21.4. The molecule has 0 atom stereocenters. The normalized spacial score (nSPS) is 15.6. The van der Waals surface area contributed by atoms with Gasteiger partial charge < -0.3 is 9.32 Å². The zero-order valence-electron chi connectivity index (χ0n) is 33.6. The summed E-state index contributed by atoms with van der Waals surface area (Å²) in [5.74, 6) is 0. The van der Waals surface area contributed by atoms with E-state index in [9.17, 15) is 0 Å². The molecule has 8 aromatic carbocycles. The Labute approximate surface area is 346 Å². The molecule has 0 bridgehead atoms. The average molecular weight is 760 g/mol. The Bertz CT molecular complexity index is 3140. The van der Waals surface area contributed by atoms with E-state index >= 15 is 0 Å². The fourth-order valence-corrected chi connectivity index (χ4v) is 11.5. The SMILES string of the molecule is CC1(C)c2ccccc2-c2cccc(-c3cccc(N(c4cccc(-c5cccc6oc7ccccc7c56)c4)c4ccc5c(c4)C4(CCCCC4)c4ccccc4-5)c3)c21. The Morgan fingerprint density at radius 1 is 0.424 bits per heavy atom. The van der Waals surface area contributed by atoms with Crippen LogP contribution < -0.4 is 4.90 Å². The third-order valence-electron chi connectivity index (χ3n) is 14.0. The molecular formula is C57H45NO. The van der Waals surface area contributed by atoms with Crippen LogP contribution in [0.25, 0.3) is 66.4 Å². The van der Waals surface area contributed by atoms with Crippen LogP contribution in [-0.4, -0.2) is 0 Å². The summed E-state index contributed by atoms with van der Waals surface area (Å²) in [6.07, 6.45) is 6.24. The molecule has 3 aliphatic carbocycles. The van der Waals surface area contributed by atoms with E-state index in [2.05, 4.69) is 189 Å². The van der Waals surface area contributed by atoms with Crippen LogP contribution in [0.15, 0.2) is 180 Å². The van der Waals surface area contributed by atoms with Gasteiger partial charge in [0, 0.05) is 38.7 Å². The minimum absolute atomic E-state index is 0.0543. The van der Waals surface area contributed by atoms with Crippen molar-refractivity contribution in [3.8, 4) is 44.5 Å². The van der Waals surface area contributed by atoms with E-state index in [1.165, 1.54) is 105 Å². The van der Waals surface area contributed by atoms with Crippen molar-refractivity contribution >= 4 is 39.0 Å². The van der Waals surface area contributed by atoms with Gasteiger partial charge in [0.2, 0.25) is 0 Å². The molecule has 1 fully saturated rings. The number of nitrogens with zero attached hydrogens (tertiary/aromatic N) is 1. The second kappa shape index (κ2) is 12.9. The molecule has 0 aliphatic heterocycles. The van der Waals surface area contributed by atoms with Gasteiger partial charge in [0.1, 0.15) is 11.2 Å². The maximum Gasteiger partial charge on any atom is 0.136 e. The third kappa shape index (κ3) is 5.05. The van der Waals surface area contributed by atoms with E-state index in [0.29, 0.717) is 0 Å². The van der Waals surface area contributed by atoms with E-state index in [4.69, 9.17) is 4.42 Å². The molecule has 2 heteroatoms. The number of fused-ring (bicyclic) bond motifs is 11. The van der Waals surface area contributed by atoms with E-state index in [0.717, 1.165) is 33.3 Å². The van der Waals surface area contributed by atoms with Gasteiger partial charge in [-0.3, -0.25) is 0 Å². The summed E-state index contributed by atoms with van der Waals surface area (Å²) in [6.45, 7) is 4.77. The van der Waals surface area contributed by atoms with Gasteiger partial charge in [0.25, 0.3) is 0 Å². The lowest BCUT2D eigenvalue weighted by molar-refractivity contribution is 0.353. The highest BCUT2D eigenvalue weighted by Crippen LogP contribution is 2.57. The number of hydrogen-bond acceptors (Lipinski definition) is 2. The van der Waals surface area contributed by atoms with Gasteiger partial charge >= 0.3 is 0 Å². The number of furan rings is 1. The molecule has 59 heavy (non-hydrogen) atoms. The van der Waals surface area contributed by atoms with Crippen LogP contribution in [0.3, 0.4) is 0 Å². The first-order chi connectivity index (χ1) is 29.0. The van der Waals surface area contributed by atoms with Gasteiger partial charge in [-0.1, -0.05) is 161 Å². The molecule has 3 aliphatic rings. The summed E-state index contributed by atoms with van der Waals surface area (Å²) in [4.78, 5) is 2.50. The van der Waals surface area contributed by atoms with Crippen LogP contribution in [0, 0.1) is 0 Å². The van der Waals surface area contributed by atoms with Crippen molar-refractivity contribution in [1.82, 2.24) is 0 Å². The monoisotopic (exact) mass is 759 g/mol. The number of rotatable bonds is 5. The smallest absolute Gasteiger partial charge is 0.136 e. The molecule has 1 heterocycles. The second-order valence-corrected chi connectivity index (χ2v) is 17.5. The Morgan fingerprint density at radius 3 is 1.78 bits per heavy atom. The summed E-state index contributed by atoms with van der Waals surface area (Å²) in [6, 6.07) is 65.6. The fraction of sp³-hybridized carbons (Fsp3) is 0.158. The average Bonchev–Trinajstić information content (AvgIpc) is 3.88. The largest absolute Gasteiger partial charge is 0.456 e. The lowest BCUT2D eigenvalue weighted by Crippen LogP contribution is -2.28. The predicted octanol–water partition coefficient (Wildman–Crippen LogP) is 15.9. The maximum absolute atomic E-state index is 6.37. The van der Waals surface area contributed by atoms with Crippen molar-refractivity contribution in [2.45, 2.75) is 56.8 Å². The van der Waals surface area contributed by atoms with Crippen molar-refractivity contribution < 1.29 is 4.42 Å². The Hall–Kier alpha value is -6.64. The summed E-state index contributed by atoms with van der Waals surface area (Å²) in [5.41, 5.74) is 21.4. The number of anilines is 3. The van der Waals surface area contributed by atoms with Gasteiger partial charge in [-0.25, -0.2) is 0 Å². The predicted molar refractivity (Wildman–Crippen MR) is 246 cm³/mol. The van der Waals surface area contributed by atoms with Crippen LogP contribution in [0.4, 0.5) is 17.1 Å². The first-order valence-corrected chi connectivity index (χ1v) is 21.4. The minimum atomic E-state index is -0.117. The van der Waals surface area contributed by atoms with Gasteiger partial charge in [-0.15, -0.1) is 0 Å². The molecule has 2 nitrogen and oxygen atoms in total. The fourth-order valence-electron chi connectivity index (χ4n) is 11.5. The Morgan fingerprint density at radius 2 is 0.983 bits per heavy atom. The maximum atomic E-state index is 6.37. The second-order valence-electron chi connectivity index (χ2n) is 17.5.